The fourth-order valence-electron chi connectivity index (χ4n) is 1.31. The smallest absolute Gasteiger partial charge is 0.305 e. The van der Waals surface area contributed by atoms with Crippen molar-refractivity contribution < 1.29 is 14.3 Å². The maximum Gasteiger partial charge on any atom is 0.305 e. The van der Waals surface area contributed by atoms with Crippen molar-refractivity contribution in [2.75, 3.05) is 6.61 Å². The van der Waals surface area contributed by atoms with Crippen LogP contribution in [0, 0.1) is 0 Å². The highest BCUT2D eigenvalue weighted by atomic mass is 35.5. The molecule has 5 heteroatoms. The third-order valence-electron chi connectivity index (χ3n) is 2.16. The second-order valence-electron chi connectivity index (χ2n) is 3.94. The summed E-state index contributed by atoms with van der Waals surface area (Å²) in [6.07, 6.45) is 0.940. The van der Waals surface area contributed by atoms with E-state index in [0.29, 0.717) is 22.2 Å². The Morgan fingerprint density at radius 3 is 2.72 bits per heavy atom. The largest absolute Gasteiger partial charge is 0.486 e. The lowest BCUT2D eigenvalue weighted by molar-refractivity contribution is -0.145. The number of carbonyl (C=O) groups excluding carboxylic acids is 1. The number of hydrogen-bond donors (Lipinski definition) is 0. The highest BCUT2D eigenvalue weighted by Gasteiger charge is 2.10. The molecule has 0 bridgehead atoms. The van der Waals surface area contributed by atoms with E-state index in [1.165, 1.54) is 0 Å². The number of halogens is 2. The molecule has 0 saturated carbocycles. The van der Waals surface area contributed by atoms with Gasteiger partial charge in [0, 0.05) is 11.4 Å². The van der Waals surface area contributed by atoms with Crippen LogP contribution in [0.1, 0.15) is 26.7 Å². The van der Waals surface area contributed by atoms with Gasteiger partial charge in [-0.25, -0.2) is 0 Å². The number of benzene rings is 1. The highest BCUT2D eigenvalue weighted by Crippen LogP contribution is 2.28. The van der Waals surface area contributed by atoms with Crippen molar-refractivity contribution >= 4 is 29.2 Å². The molecular weight excluding hydrogens is 275 g/mol. The zero-order chi connectivity index (χ0) is 13.5. The van der Waals surface area contributed by atoms with Gasteiger partial charge in [0.1, 0.15) is 18.5 Å². The molecule has 0 spiro atoms. The van der Waals surface area contributed by atoms with Crippen LogP contribution in [0.2, 0.25) is 10.0 Å². The fraction of sp³-hybridized carbons (Fsp3) is 0.462. The zero-order valence-electron chi connectivity index (χ0n) is 10.4. The molecule has 0 amide bonds. The molecule has 0 fully saturated rings. The van der Waals surface area contributed by atoms with Gasteiger partial charge in [0.05, 0.1) is 5.02 Å². The number of carbonyl (C=O) groups is 1. The van der Waals surface area contributed by atoms with Crippen molar-refractivity contribution in [3.63, 3.8) is 0 Å². The second kappa shape index (κ2) is 7.49. The fourth-order valence-corrected chi connectivity index (χ4v) is 1.76. The Morgan fingerprint density at radius 1 is 1.39 bits per heavy atom. The second-order valence-corrected chi connectivity index (χ2v) is 4.78. The lowest BCUT2D eigenvalue weighted by Crippen LogP contribution is -2.21. The zero-order valence-corrected chi connectivity index (χ0v) is 11.9. The first-order valence-electron chi connectivity index (χ1n) is 5.80. The Bertz CT molecular complexity index is 407. The van der Waals surface area contributed by atoms with Crippen molar-refractivity contribution in [3.8, 4) is 5.75 Å². The summed E-state index contributed by atoms with van der Waals surface area (Å²) in [5.74, 6) is 0.315. The third-order valence-corrected chi connectivity index (χ3v) is 2.69. The molecule has 1 rings (SSSR count). The molecule has 18 heavy (non-hydrogen) atoms. The van der Waals surface area contributed by atoms with Crippen LogP contribution in [0.5, 0.6) is 5.75 Å². The van der Waals surface area contributed by atoms with Gasteiger partial charge >= 0.3 is 5.97 Å². The van der Waals surface area contributed by atoms with Crippen molar-refractivity contribution in [2.45, 2.75) is 32.8 Å². The lowest BCUT2D eigenvalue weighted by Gasteiger charge is -2.15. The highest BCUT2D eigenvalue weighted by molar-refractivity contribution is 6.35. The molecule has 3 nitrogen and oxygen atoms in total. The minimum absolute atomic E-state index is 0.206. The molecule has 0 aromatic heterocycles. The van der Waals surface area contributed by atoms with Crippen LogP contribution in [0.15, 0.2) is 18.2 Å². The first-order valence-corrected chi connectivity index (χ1v) is 6.55. The number of rotatable bonds is 6. The molecule has 0 aliphatic heterocycles. The predicted octanol–water partition coefficient (Wildman–Crippen LogP) is 4.10. The van der Waals surface area contributed by atoms with Crippen LogP contribution >= 0.6 is 23.2 Å². The molecule has 1 atom stereocenters. The van der Waals surface area contributed by atoms with Crippen molar-refractivity contribution in [1.82, 2.24) is 0 Å². The molecule has 0 N–H and O–H groups in total. The maximum atomic E-state index is 11.2. The molecule has 1 aromatic rings. The minimum atomic E-state index is -0.260. The Labute approximate surface area is 117 Å². The standard InChI is InChI=1S/C13H16Cl2O3/c1-3-4-13(16)17-8-9(2)18-12-6-5-10(14)7-11(12)15/h5-7,9H,3-4,8H2,1-2H3/t9-/m0/s1. The number of esters is 1. The normalized spacial score (nSPS) is 12.0. The molecule has 0 aliphatic carbocycles. The summed E-state index contributed by atoms with van der Waals surface area (Å²) in [5.41, 5.74) is 0. The Morgan fingerprint density at radius 2 is 2.11 bits per heavy atom. The van der Waals surface area contributed by atoms with Crippen LogP contribution in [0.3, 0.4) is 0 Å². The number of hydrogen-bond acceptors (Lipinski definition) is 3. The van der Waals surface area contributed by atoms with Gasteiger partial charge in [-0.3, -0.25) is 4.79 Å². The van der Waals surface area contributed by atoms with E-state index in [4.69, 9.17) is 32.7 Å². The summed E-state index contributed by atoms with van der Waals surface area (Å²) in [5, 5.41) is 0.989. The van der Waals surface area contributed by atoms with Crippen LogP contribution in [0.25, 0.3) is 0 Å². The van der Waals surface area contributed by atoms with Crippen LogP contribution in [-0.2, 0) is 9.53 Å². The molecule has 0 aliphatic rings. The van der Waals surface area contributed by atoms with Gasteiger partial charge in [0.25, 0.3) is 0 Å². The summed E-state index contributed by atoms with van der Waals surface area (Å²) in [4.78, 5) is 11.2. The summed E-state index contributed by atoms with van der Waals surface area (Å²) in [6, 6.07) is 4.99. The SMILES string of the molecule is CCCC(=O)OC[C@H](C)Oc1ccc(Cl)cc1Cl. The van der Waals surface area contributed by atoms with Crippen LogP contribution in [0.4, 0.5) is 0 Å². The molecular formula is C13H16Cl2O3. The van der Waals surface area contributed by atoms with Gasteiger partial charge in [0.15, 0.2) is 0 Å². The minimum Gasteiger partial charge on any atom is -0.486 e. The summed E-state index contributed by atoms with van der Waals surface area (Å²) < 4.78 is 10.6. The van der Waals surface area contributed by atoms with Crippen LogP contribution < -0.4 is 4.74 Å². The third kappa shape index (κ3) is 5.15. The van der Waals surface area contributed by atoms with Gasteiger partial charge in [-0.2, -0.15) is 0 Å². The Hall–Kier alpha value is -0.930. The van der Waals surface area contributed by atoms with E-state index < -0.39 is 0 Å². The van der Waals surface area contributed by atoms with E-state index in [9.17, 15) is 4.79 Å². The van der Waals surface area contributed by atoms with Crippen molar-refractivity contribution in [1.29, 1.82) is 0 Å². The summed E-state index contributed by atoms with van der Waals surface area (Å²) >= 11 is 11.8. The Kier molecular flexibility index (Phi) is 6.30. The summed E-state index contributed by atoms with van der Waals surface area (Å²) in [7, 11) is 0. The van der Waals surface area contributed by atoms with Crippen molar-refractivity contribution in [2.24, 2.45) is 0 Å². The van der Waals surface area contributed by atoms with Gasteiger partial charge in [-0.15, -0.1) is 0 Å². The predicted molar refractivity (Wildman–Crippen MR) is 72.4 cm³/mol. The number of ether oxygens (including phenoxy) is 2. The lowest BCUT2D eigenvalue weighted by atomic mass is 10.3. The van der Waals surface area contributed by atoms with Gasteiger partial charge in [-0.05, 0) is 31.5 Å². The van der Waals surface area contributed by atoms with E-state index in [-0.39, 0.29) is 18.7 Å². The van der Waals surface area contributed by atoms with E-state index in [2.05, 4.69) is 0 Å². The first-order chi connectivity index (χ1) is 8.52. The molecule has 100 valence electrons. The van der Waals surface area contributed by atoms with E-state index >= 15 is 0 Å². The quantitative estimate of drug-likeness (QED) is 0.740. The average molecular weight is 291 g/mol. The molecule has 0 unspecified atom stereocenters. The molecule has 0 heterocycles. The summed E-state index contributed by atoms with van der Waals surface area (Å²) in [6.45, 7) is 3.94. The van der Waals surface area contributed by atoms with Crippen LogP contribution in [-0.4, -0.2) is 18.7 Å². The average Bonchev–Trinajstić information content (AvgIpc) is 2.31. The van der Waals surface area contributed by atoms with Gasteiger partial charge in [-0.1, -0.05) is 30.1 Å². The maximum absolute atomic E-state index is 11.2. The van der Waals surface area contributed by atoms with E-state index in [1.54, 1.807) is 18.2 Å². The molecule has 1 aromatic carbocycles. The molecule has 0 radical (unpaired) electrons. The van der Waals surface area contributed by atoms with Crippen molar-refractivity contribution in [3.05, 3.63) is 28.2 Å². The Balaban J connectivity index is 2.44. The topological polar surface area (TPSA) is 35.5 Å². The van der Waals surface area contributed by atoms with E-state index in [0.717, 1.165) is 6.42 Å². The first kappa shape index (κ1) is 15.1. The van der Waals surface area contributed by atoms with Gasteiger partial charge in [0.2, 0.25) is 0 Å². The monoisotopic (exact) mass is 290 g/mol. The molecule has 0 saturated heterocycles. The van der Waals surface area contributed by atoms with Gasteiger partial charge < -0.3 is 9.47 Å². The van der Waals surface area contributed by atoms with E-state index in [1.807, 2.05) is 13.8 Å².